The maximum atomic E-state index is 11.9. The first-order valence-corrected chi connectivity index (χ1v) is 19.7. The van der Waals surface area contributed by atoms with Gasteiger partial charge in [-0.15, -0.1) is 18.9 Å². The van der Waals surface area contributed by atoms with Crippen LogP contribution in [0.4, 0.5) is 39.8 Å². The number of non-ortho nitro benzene ring substituents is 1. The van der Waals surface area contributed by atoms with Gasteiger partial charge in [-0.25, -0.2) is 10.5 Å². The fourth-order valence-electron chi connectivity index (χ4n) is 5.35. The molecule has 25 heteroatoms. The summed E-state index contributed by atoms with van der Waals surface area (Å²) in [7, 11) is -4.84. The van der Waals surface area contributed by atoms with Crippen molar-refractivity contribution in [3.8, 4) is 17.2 Å². The summed E-state index contributed by atoms with van der Waals surface area (Å²) in [6, 6.07) is 22.6. The topological polar surface area (TPSA) is 310 Å². The summed E-state index contributed by atoms with van der Waals surface area (Å²) in [5.41, 5.74) is 1.53. The van der Waals surface area contributed by atoms with Crippen LogP contribution in [0, 0.1) is 17.0 Å². The largest absolute Gasteiger partial charge is 0.508 e. The maximum Gasteiger partial charge on any atom is 0.295 e. The van der Waals surface area contributed by atoms with Crippen molar-refractivity contribution in [1.82, 2.24) is 0 Å². The molecule has 62 heavy (non-hydrogen) atoms. The Labute approximate surface area is 368 Å². The number of nitro benzene ring substituents is 1. The number of phenols is 3. The first-order chi connectivity index (χ1) is 29.2. The van der Waals surface area contributed by atoms with Crippen LogP contribution in [0.15, 0.2) is 142 Å². The first-order valence-electron chi connectivity index (χ1n) is 16.8. The Kier molecular flexibility index (Phi) is 15.9. The van der Waals surface area contributed by atoms with Gasteiger partial charge in [-0.1, -0.05) is 28.3 Å². The standard InChI is InChI=1S/C37H27N7O14S3.Cu/c1-20-14-31(42-43-36-34(60-58-56-51)16-23-15-25(9-13-29(23)37(36)47)39-38-24-7-11-28(45)12-8-24)32(46)19-30(20)41-40-26-6-4-21(33(17-26)59-57-55-50)2-3-22-5-10-27(44(48)49)18-35(22)61(52,53)54;/h2-19,45-47,50-51H,1H3,(H,52,53,54);. The van der Waals surface area contributed by atoms with E-state index in [1.54, 1.807) is 43.3 Å². The van der Waals surface area contributed by atoms with Gasteiger partial charge in [0.25, 0.3) is 15.8 Å². The molecule has 0 unspecified atom stereocenters. The van der Waals surface area contributed by atoms with E-state index in [9.17, 15) is 38.4 Å². The minimum Gasteiger partial charge on any atom is -0.508 e. The Morgan fingerprint density at radius 3 is 1.97 bits per heavy atom. The number of aromatic hydroxyl groups is 3. The number of benzene rings is 6. The van der Waals surface area contributed by atoms with Gasteiger partial charge in [-0.2, -0.15) is 28.9 Å². The summed E-state index contributed by atoms with van der Waals surface area (Å²) in [5.74, 6) is -0.604. The SMILES string of the molecule is Cc1cc(N=Nc2c(SOOO)cc3cc(N=Nc4ccc(O)cc4)ccc3c2O)c(O)cc1N=Nc1ccc(C=Cc2ccc([N+](=O)[O-])cc2S(=O)(=O)O)c(SOOO)c1.[Cu]. The summed E-state index contributed by atoms with van der Waals surface area (Å²) in [6.07, 6.45) is 2.69. The van der Waals surface area contributed by atoms with E-state index in [0.29, 0.717) is 57.4 Å². The average Bonchev–Trinajstić information content (AvgIpc) is 3.23. The number of azo groups is 3. The van der Waals surface area contributed by atoms with Crippen molar-refractivity contribution in [3.05, 3.63) is 124 Å². The third kappa shape index (κ3) is 11.8. The number of hydrogen-bond donors (Lipinski definition) is 6. The zero-order valence-electron chi connectivity index (χ0n) is 31.0. The van der Waals surface area contributed by atoms with Gasteiger partial charge in [0.15, 0.2) is 5.75 Å². The molecule has 0 bridgehead atoms. The second-order valence-corrected chi connectivity index (χ2v) is 15.1. The van der Waals surface area contributed by atoms with Crippen molar-refractivity contribution in [2.75, 3.05) is 0 Å². The van der Waals surface area contributed by atoms with Crippen LogP contribution in [0.1, 0.15) is 16.7 Å². The van der Waals surface area contributed by atoms with E-state index >= 15 is 0 Å². The van der Waals surface area contributed by atoms with E-state index in [0.717, 1.165) is 18.2 Å². The molecular weight excluding hydrogens is 926 g/mol. The van der Waals surface area contributed by atoms with Crippen LogP contribution < -0.4 is 0 Å². The Balaban J connectivity index is 0.00000726. The fourth-order valence-corrected chi connectivity index (χ4v) is 7.05. The number of nitro groups is 1. The number of phenolic OH excluding ortho intramolecular Hbond substituents is 3. The van der Waals surface area contributed by atoms with Crippen LogP contribution in [0.2, 0.25) is 0 Å². The minimum absolute atomic E-state index is 0. The van der Waals surface area contributed by atoms with Crippen molar-refractivity contribution in [2.24, 2.45) is 30.7 Å². The molecule has 0 saturated carbocycles. The van der Waals surface area contributed by atoms with Crippen molar-refractivity contribution >= 4 is 96.9 Å². The molecular formula is C37H27CuN7O14S3. The summed E-state index contributed by atoms with van der Waals surface area (Å²) < 4.78 is 42.7. The molecule has 0 fully saturated rings. The fraction of sp³-hybridized carbons (Fsp3) is 0.0270. The molecule has 323 valence electrons. The number of aryl methyl sites for hydroxylation is 1. The van der Waals surface area contributed by atoms with E-state index in [2.05, 4.69) is 49.4 Å². The van der Waals surface area contributed by atoms with Gasteiger partial charge < -0.3 is 15.3 Å². The zero-order chi connectivity index (χ0) is 43.7. The molecule has 0 saturated heterocycles. The molecule has 6 aromatic carbocycles. The summed E-state index contributed by atoms with van der Waals surface area (Å²) >= 11 is 1.06. The monoisotopic (exact) mass is 952 g/mol. The molecule has 0 atom stereocenters. The average molecular weight is 953 g/mol. The van der Waals surface area contributed by atoms with Crippen molar-refractivity contribution in [1.29, 1.82) is 0 Å². The Bertz CT molecular complexity index is 2870. The second-order valence-electron chi connectivity index (χ2n) is 12.2. The summed E-state index contributed by atoms with van der Waals surface area (Å²) in [4.78, 5) is 10.1. The van der Waals surface area contributed by atoms with Gasteiger partial charge in [0.2, 0.25) is 0 Å². The summed E-state index contributed by atoms with van der Waals surface area (Å²) in [6.45, 7) is 1.66. The van der Waals surface area contributed by atoms with E-state index in [-0.39, 0.29) is 72.4 Å². The molecule has 6 aromatic rings. The Morgan fingerprint density at radius 1 is 0.677 bits per heavy atom. The molecule has 6 N–H and O–H groups in total. The molecule has 0 heterocycles. The Morgan fingerprint density at radius 2 is 1.27 bits per heavy atom. The molecule has 0 aromatic heterocycles. The van der Waals surface area contributed by atoms with Crippen LogP contribution in [-0.2, 0) is 45.9 Å². The normalized spacial score (nSPS) is 12.0. The maximum absolute atomic E-state index is 11.9. The molecule has 0 spiro atoms. The predicted octanol–water partition coefficient (Wildman–Crippen LogP) is 11.7. The number of hydrogen-bond acceptors (Lipinski definition) is 21. The molecule has 0 aliphatic carbocycles. The molecule has 0 aliphatic rings. The first kappa shape index (κ1) is 46.9. The molecule has 1 radical (unpaired) electrons. The molecule has 6 rings (SSSR count). The van der Waals surface area contributed by atoms with Crippen LogP contribution in [0.5, 0.6) is 17.2 Å². The van der Waals surface area contributed by atoms with Crippen molar-refractivity contribution in [2.45, 2.75) is 21.6 Å². The smallest absolute Gasteiger partial charge is 0.295 e. The van der Waals surface area contributed by atoms with E-state index in [1.807, 2.05) is 0 Å². The van der Waals surface area contributed by atoms with Crippen LogP contribution in [0.3, 0.4) is 0 Å². The Hall–Kier alpha value is -6.19. The van der Waals surface area contributed by atoms with Crippen LogP contribution in [-0.4, -0.2) is 43.7 Å². The number of fused-ring (bicyclic) bond motifs is 1. The number of rotatable bonds is 16. The van der Waals surface area contributed by atoms with E-state index in [1.165, 1.54) is 54.6 Å². The minimum atomic E-state index is -4.84. The van der Waals surface area contributed by atoms with Crippen LogP contribution in [0.25, 0.3) is 22.9 Å². The van der Waals surface area contributed by atoms with Gasteiger partial charge >= 0.3 is 0 Å². The molecule has 21 nitrogen and oxygen atoms in total. The van der Waals surface area contributed by atoms with Gasteiger partial charge in [-0.05, 0) is 102 Å². The van der Waals surface area contributed by atoms with Gasteiger partial charge in [0, 0.05) is 45.5 Å². The third-order valence-electron chi connectivity index (χ3n) is 8.22. The van der Waals surface area contributed by atoms with E-state index < -0.39 is 25.6 Å². The zero-order valence-corrected chi connectivity index (χ0v) is 34.4. The summed E-state index contributed by atoms with van der Waals surface area (Å²) in [5, 5.41) is 93.6. The van der Waals surface area contributed by atoms with Gasteiger partial charge in [0.1, 0.15) is 27.8 Å². The quantitative estimate of drug-likeness (QED) is 0.00767. The third-order valence-corrected chi connectivity index (χ3v) is 10.4. The van der Waals surface area contributed by atoms with Crippen LogP contribution >= 0.6 is 24.1 Å². The second kappa shape index (κ2) is 21.1. The molecule has 0 aliphatic heterocycles. The van der Waals surface area contributed by atoms with Crippen molar-refractivity contribution in [3.63, 3.8) is 0 Å². The predicted molar refractivity (Wildman–Crippen MR) is 219 cm³/mol. The number of nitrogens with zero attached hydrogens (tertiary/aromatic N) is 7. The van der Waals surface area contributed by atoms with Gasteiger partial charge in [-0.3, -0.25) is 14.7 Å². The van der Waals surface area contributed by atoms with E-state index in [4.69, 9.17) is 10.5 Å². The molecule has 0 amide bonds. The van der Waals surface area contributed by atoms with Gasteiger partial charge in [0.05, 0.1) is 56.7 Å². The van der Waals surface area contributed by atoms with Crippen molar-refractivity contribution < 1.29 is 79.5 Å².